The molecule has 0 amide bonds. The van der Waals surface area contributed by atoms with Crippen LogP contribution < -0.4 is 0 Å². The molecule has 0 saturated carbocycles. The van der Waals surface area contributed by atoms with Gasteiger partial charge in [-0.1, -0.05) is 0 Å². The molecule has 1 aliphatic heterocycles. The highest BCUT2D eigenvalue weighted by atomic mass is 32.2. The first-order valence-electron chi connectivity index (χ1n) is 3.11. The Morgan fingerprint density at radius 2 is 2.30 bits per heavy atom. The molecule has 0 unspecified atom stereocenters. The van der Waals surface area contributed by atoms with Gasteiger partial charge in [0.15, 0.2) is 0 Å². The molecule has 60 valence electrons. The van der Waals surface area contributed by atoms with Crippen LogP contribution in [0.25, 0.3) is 0 Å². The maximum Gasteiger partial charge on any atom is 0.265 e. The lowest BCUT2D eigenvalue weighted by Gasteiger charge is -2.01. The van der Waals surface area contributed by atoms with Crippen LogP contribution in [0.4, 0.5) is 0 Å². The second-order valence-corrected chi connectivity index (χ2v) is 3.98. The van der Waals surface area contributed by atoms with E-state index in [1.807, 2.05) is 0 Å². The first kappa shape index (κ1) is 7.97. The third kappa shape index (κ3) is 2.64. The van der Waals surface area contributed by atoms with Crippen LogP contribution in [0.3, 0.4) is 0 Å². The second-order valence-electron chi connectivity index (χ2n) is 2.48. The van der Waals surface area contributed by atoms with Gasteiger partial charge in [-0.05, 0) is 6.42 Å². The predicted octanol–water partition coefficient (Wildman–Crippen LogP) is -0.0893. The fraction of sp³-hybridized carbons (Fsp3) is 1.00. The summed E-state index contributed by atoms with van der Waals surface area (Å²) in [7, 11) is -3.79. The second kappa shape index (κ2) is 2.86. The summed E-state index contributed by atoms with van der Waals surface area (Å²) in [5.74, 6) is -0.164. The van der Waals surface area contributed by atoms with Crippen molar-refractivity contribution in [3.05, 3.63) is 0 Å². The standard InChI is InChI=1S/C5H10O4S/c6-10(7,8)4-5-1-2-9-3-5/h5H,1-4H2,(H,6,7,8)/t5-/m1/s1. The Hall–Kier alpha value is -0.130. The quantitative estimate of drug-likeness (QED) is 0.582. The molecule has 0 aromatic heterocycles. The van der Waals surface area contributed by atoms with Crippen molar-refractivity contribution in [1.29, 1.82) is 0 Å². The molecule has 5 heteroatoms. The van der Waals surface area contributed by atoms with Crippen molar-refractivity contribution in [3.8, 4) is 0 Å². The number of rotatable bonds is 2. The Morgan fingerprint density at radius 1 is 1.60 bits per heavy atom. The molecule has 1 fully saturated rings. The zero-order valence-corrected chi connectivity index (χ0v) is 6.30. The molecule has 0 aromatic rings. The molecule has 1 rings (SSSR count). The summed E-state index contributed by atoms with van der Waals surface area (Å²) >= 11 is 0. The smallest absolute Gasteiger partial charge is 0.265 e. The summed E-state index contributed by atoms with van der Waals surface area (Å²) in [6.07, 6.45) is 0.736. The van der Waals surface area contributed by atoms with Crippen molar-refractivity contribution in [1.82, 2.24) is 0 Å². The summed E-state index contributed by atoms with van der Waals surface area (Å²) < 4.78 is 33.9. The topological polar surface area (TPSA) is 63.6 Å². The highest BCUT2D eigenvalue weighted by molar-refractivity contribution is 7.85. The van der Waals surface area contributed by atoms with E-state index in [0.29, 0.717) is 13.2 Å². The zero-order valence-electron chi connectivity index (χ0n) is 5.49. The van der Waals surface area contributed by atoms with Gasteiger partial charge in [0.1, 0.15) is 0 Å². The minimum Gasteiger partial charge on any atom is -0.381 e. The third-order valence-electron chi connectivity index (χ3n) is 1.47. The largest absolute Gasteiger partial charge is 0.381 e. The third-order valence-corrected chi connectivity index (χ3v) is 2.36. The van der Waals surface area contributed by atoms with Crippen molar-refractivity contribution in [2.75, 3.05) is 19.0 Å². The average molecular weight is 166 g/mol. The van der Waals surface area contributed by atoms with Crippen LogP contribution in [-0.4, -0.2) is 31.9 Å². The highest BCUT2D eigenvalue weighted by Crippen LogP contribution is 2.13. The van der Waals surface area contributed by atoms with E-state index >= 15 is 0 Å². The molecule has 4 nitrogen and oxygen atoms in total. The molecule has 0 radical (unpaired) electrons. The lowest BCUT2D eigenvalue weighted by molar-refractivity contribution is 0.188. The van der Waals surface area contributed by atoms with Gasteiger partial charge in [-0.25, -0.2) is 0 Å². The summed E-state index contributed by atoms with van der Waals surface area (Å²) in [6, 6.07) is 0. The van der Waals surface area contributed by atoms with Crippen LogP contribution in [0.2, 0.25) is 0 Å². The van der Waals surface area contributed by atoms with Gasteiger partial charge < -0.3 is 4.74 Å². The van der Waals surface area contributed by atoms with Crippen LogP contribution in [0.1, 0.15) is 6.42 Å². The maximum atomic E-state index is 10.3. The van der Waals surface area contributed by atoms with Gasteiger partial charge in [0.25, 0.3) is 10.1 Å². The van der Waals surface area contributed by atoms with E-state index in [2.05, 4.69) is 0 Å². The molecule has 1 aliphatic rings. The van der Waals surface area contributed by atoms with Crippen LogP contribution in [0.15, 0.2) is 0 Å². The molecule has 0 bridgehead atoms. The average Bonchev–Trinajstić information content (AvgIpc) is 2.12. The van der Waals surface area contributed by atoms with Gasteiger partial charge in [0.05, 0.1) is 12.4 Å². The van der Waals surface area contributed by atoms with E-state index in [1.165, 1.54) is 0 Å². The van der Waals surface area contributed by atoms with Crippen LogP contribution in [0, 0.1) is 5.92 Å². The Balaban J connectivity index is 2.38. The minimum absolute atomic E-state index is 0.00463. The van der Waals surface area contributed by atoms with Crippen molar-refractivity contribution in [3.63, 3.8) is 0 Å². The monoisotopic (exact) mass is 166 g/mol. The number of hydrogen-bond acceptors (Lipinski definition) is 3. The Labute approximate surface area is 59.9 Å². The van der Waals surface area contributed by atoms with Gasteiger partial charge in [-0.3, -0.25) is 4.55 Å². The molecule has 1 saturated heterocycles. The summed E-state index contributed by atoms with van der Waals surface area (Å²) in [5.41, 5.74) is 0. The van der Waals surface area contributed by atoms with Gasteiger partial charge in [-0.15, -0.1) is 0 Å². The van der Waals surface area contributed by atoms with E-state index in [-0.39, 0.29) is 11.7 Å². The molecule has 0 spiro atoms. The summed E-state index contributed by atoms with van der Waals surface area (Å²) in [5, 5.41) is 0. The number of hydrogen-bond donors (Lipinski definition) is 1. The molecule has 1 heterocycles. The highest BCUT2D eigenvalue weighted by Gasteiger charge is 2.21. The van der Waals surface area contributed by atoms with E-state index in [9.17, 15) is 8.42 Å². The first-order valence-corrected chi connectivity index (χ1v) is 4.72. The molecular weight excluding hydrogens is 156 g/mol. The van der Waals surface area contributed by atoms with Crippen molar-refractivity contribution in [2.45, 2.75) is 6.42 Å². The van der Waals surface area contributed by atoms with Crippen molar-refractivity contribution in [2.24, 2.45) is 5.92 Å². The van der Waals surface area contributed by atoms with Gasteiger partial charge >= 0.3 is 0 Å². The molecule has 0 aliphatic carbocycles. The Bertz CT molecular complexity index is 190. The van der Waals surface area contributed by atoms with Crippen LogP contribution in [0.5, 0.6) is 0 Å². The number of ether oxygens (including phenoxy) is 1. The first-order chi connectivity index (χ1) is 4.58. The SMILES string of the molecule is O=S(=O)(O)C[C@@H]1CCOC1. The normalized spacial score (nSPS) is 27.1. The van der Waals surface area contributed by atoms with Crippen molar-refractivity contribution < 1.29 is 17.7 Å². The lowest BCUT2D eigenvalue weighted by atomic mass is 10.2. The van der Waals surface area contributed by atoms with Gasteiger partial charge in [0.2, 0.25) is 0 Å². The Kier molecular flexibility index (Phi) is 2.28. The zero-order chi connectivity index (χ0) is 7.61. The van der Waals surface area contributed by atoms with Gasteiger partial charge in [0, 0.05) is 12.5 Å². The predicted molar refractivity (Wildman–Crippen MR) is 35.3 cm³/mol. The molecule has 1 N–H and O–H groups in total. The summed E-state index contributed by atoms with van der Waals surface area (Å²) in [4.78, 5) is 0. The molecule has 1 atom stereocenters. The van der Waals surface area contributed by atoms with Crippen LogP contribution >= 0.6 is 0 Å². The fourth-order valence-corrected chi connectivity index (χ4v) is 1.87. The van der Waals surface area contributed by atoms with Gasteiger partial charge in [-0.2, -0.15) is 8.42 Å². The maximum absolute atomic E-state index is 10.3. The molecular formula is C5H10O4S. The van der Waals surface area contributed by atoms with E-state index in [1.54, 1.807) is 0 Å². The molecule has 0 aromatic carbocycles. The van der Waals surface area contributed by atoms with E-state index in [4.69, 9.17) is 9.29 Å². The van der Waals surface area contributed by atoms with Crippen LogP contribution in [-0.2, 0) is 14.9 Å². The lowest BCUT2D eigenvalue weighted by Crippen LogP contribution is -2.14. The van der Waals surface area contributed by atoms with Crippen molar-refractivity contribution >= 4 is 10.1 Å². The minimum atomic E-state index is -3.79. The molecule has 10 heavy (non-hydrogen) atoms. The fourth-order valence-electron chi connectivity index (χ4n) is 1.01. The van der Waals surface area contributed by atoms with E-state index in [0.717, 1.165) is 6.42 Å². The van der Waals surface area contributed by atoms with E-state index < -0.39 is 10.1 Å². The summed E-state index contributed by atoms with van der Waals surface area (Å²) in [6.45, 7) is 1.07. The Morgan fingerprint density at radius 3 is 2.70 bits per heavy atom.